The third-order valence-corrected chi connectivity index (χ3v) is 4.95. The third-order valence-electron chi connectivity index (χ3n) is 4.02. The molecule has 1 aromatic carbocycles. The molecule has 2 N–H and O–H groups in total. The molecule has 1 aromatic heterocycles. The van der Waals surface area contributed by atoms with Crippen LogP contribution in [0.3, 0.4) is 0 Å². The van der Waals surface area contributed by atoms with Crippen molar-refractivity contribution in [2.45, 2.75) is 39.3 Å². The van der Waals surface area contributed by atoms with Gasteiger partial charge in [0.25, 0.3) is 0 Å². The van der Waals surface area contributed by atoms with Gasteiger partial charge in [0.05, 0.1) is 19.1 Å². The van der Waals surface area contributed by atoms with Gasteiger partial charge >= 0.3 is 0 Å². The Hall–Kier alpha value is -2.18. The number of likely N-dealkylation sites (N-methyl/N-ethyl adjacent to an activating group) is 1. The Morgan fingerprint density at radius 3 is 2.37 bits per heavy atom. The number of hydrogen-bond donors (Lipinski definition) is 2. The summed E-state index contributed by atoms with van der Waals surface area (Å²) in [6.07, 6.45) is 0. The van der Waals surface area contributed by atoms with Gasteiger partial charge in [0.1, 0.15) is 0 Å². The molecule has 0 saturated heterocycles. The SMILES string of the molecule is Cc1ccc([C@H](NCC(=O)N(C)CC(=O)NC(C)(C)C)c2cccs2)cc1. The molecule has 0 saturated carbocycles. The fraction of sp³-hybridized carbons (Fsp3) is 0.429. The molecule has 5 nitrogen and oxygen atoms in total. The van der Waals surface area contributed by atoms with E-state index < -0.39 is 0 Å². The highest BCUT2D eigenvalue weighted by Gasteiger charge is 2.20. The summed E-state index contributed by atoms with van der Waals surface area (Å²) in [7, 11) is 1.65. The first kappa shape index (κ1) is 21.1. The molecule has 0 spiro atoms. The minimum Gasteiger partial charge on any atom is -0.350 e. The molecular formula is C21H29N3O2S. The molecular weight excluding hydrogens is 358 g/mol. The van der Waals surface area contributed by atoms with E-state index in [4.69, 9.17) is 0 Å². The predicted octanol–water partition coefficient (Wildman–Crippen LogP) is 3.11. The lowest BCUT2D eigenvalue weighted by molar-refractivity contribution is -0.134. The molecule has 0 radical (unpaired) electrons. The largest absolute Gasteiger partial charge is 0.350 e. The Kier molecular flexibility index (Phi) is 7.16. The monoisotopic (exact) mass is 387 g/mol. The van der Waals surface area contributed by atoms with Crippen molar-refractivity contribution in [2.75, 3.05) is 20.1 Å². The standard InChI is InChI=1S/C21H29N3O2S/c1-15-8-10-16(11-9-15)20(17-7-6-12-27-17)22-13-19(26)24(5)14-18(25)23-21(2,3)4/h6-12,20,22H,13-14H2,1-5H3,(H,23,25)/t20-/m0/s1. The van der Waals surface area contributed by atoms with Gasteiger partial charge < -0.3 is 10.2 Å². The van der Waals surface area contributed by atoms with Crippen molar-refractivity contribution in [3.8, 4) is 0 Å². The average molecular weight is 388 g/mol. The van der Waals surface area contributed by atoms with Crippen LogP contribution in [0.15, 0.2) is 41.8 Å². The number of aryl methyl sites for hydroxylation is 1. The highest BCUT2D eigenvalue weighted by Crippen LogP contribution is 2.26. The van der Waals surface area contributed by atoms with Crippen molar-refractivity contribution in [2.24, 2.45) is 0 Å². The van der Waals surface area contributed by atoms with E-state index in [1.165, 1.54) is 10.5 Å². The lowest BCUT2D eigenvalue weighted by atomic mass is 10.0. The minimum atomic E-state index is -0.311. The Labute approximate surface area is 165 Å². The first-order valence-corrected chi connectivity index (χ1v) is 9.92. The topological polar surface area (TPSA) is 61.4 Å². The maximum atomic E-state index is 12.5. The molecule has 1 atom stereocenters. The molecule has 0 aliphatic rings. The maximum absolute atomic E-state index is 12.5. The quantitative estimate of drug-likeness (QED) is 0.767. The van der Waals surface area contributed by atoms with E-state index in [-0.39, 0.29) is 36.5 Å². The number of nitrogens with one attached hydrogen (secondary N) is 2. The molecule has 27 heavy (non-hydrogen) atoms. The van der Waals surface area contributed by atoms with E-state index in [1.807, 2.05) is 32.2 Å². The van der Waals surface area contributed by atoms with Gasteiger partial charge in [-0.05, 0) is 44.7 Å². The summed E-state index contributed by atoms with van der Waals surface area (Å²) < 4.78 is 0. The molecule has 2 aromatic rings. The van der Waals surface area contributed by atoms with Gasteiger partial charge in [0.15, 0.2) is 0 Å². The van der Waals surface area contributed by atoms with Gasteiger partial charge in [-0.2, -0.15) is 0 Å². The van der Waals surface area contributed by atoms with Crippen molar-refractivity contribution >= 4 is 23.2 Å². The highest BCUT2D eigenvalue weighted by atomic mass is 32.1. The Morgan fingerprint density at radius 2 is 1.81 bits per heavy atom. The number of hydrogen-bond acceptors (Lipinski definition) is 4. The second kappa shape index (κ2) is 9.15. The van der Waals surface area contributed by atoms with Crippen molar-refractivity contribution in [1.29, 1.82) is 0 Å². The van der Waals surface area contributed by atoms with E-state index in [0.29, 0.717) is 0 Å². The van der Waals surface area contributed by atoms with Crippen molar-refractivity contribution in [1.82, 2.24) is 15.5 Å². The second-order valence-corrected chi connectivity index (χ2v) is 8.77. The van der Waals surface area contributed by atoms with Crippen LogP contribution in [-0.2, 0) is 9.59 Å². The summed E-state index contributed by atoms with van der Waals surface area (Å²) in [4.78, 5) is 27.1. The molecule has 0 bridgehead atoms. The fourth-order valence-electron chi connectivity index (χ4n) is 2.68. The number of rotatable bonds is 7. The fourth-order valence-corrected chi connectivity index (χ4v) is 3.51. The van der Waals surface area contributed by atoms with Crippen LogP contribution in [-0.4, -0.2) is 42.4 Å². The molecule has 0 unspecified atom stereocenters. The molecule has 2 rings (SSSR count). The highest BCUT2D eigenvalue weighted by molar-refractivity contribution is 7.10. The van der Waals surface area contributed by atoms with E-state index in [9.17, 15) is 9.59 Å². The molecule has 1 heterocycles. The number of carbonyl (C=O) groups excluding carboxylic acids is 2. The van der Waals surface area contributed by atoms with Crippen molar-refractivity contribution in [3.63, 3.8) is 0 Å². The van der Waals surface area contributed by atoms with Crippen LogP contribution in [0.2, 0.25) is 0 Å². The summed E-state index contributed by atoms with van der Waals surface area (Å²) in [6.45, 7) is 8.02. The molecule has 0 aliphatic heterocycles. The maximum Gasteiger partial charge on any atom is 0.240 e. The van der Waals surface area contributed by atoms with E-state index in [2.05, 4.69) is 47.9 Å². The second-order valence-electron chi connectivity index (χ2n) is 7.79. The van der Waals surface area contributed by atoms with E-state index in [1.54, 1.807) is 18.4 Å². The molecule has 6 heteroatoms. The zero-order valence-electron chi connectivity index (χ0n) is 16.7. The number of thiophene rings is 1. The lowest BCUT2D eigenvalue weighted by Gasteiger charge is -2.24. The summed E-state index contributed by atoms with van der Waals surface area (Å²) >= 11 is 1.66. The molecule has 0 aliphatic carbocycles. The Morgan fingerprint density at radius 1 is 1.15 bits per heavy atom. The third kappa shape index (κ3) is 6.81. The van der Waals surface area contributed by atoms with Gasteiger partial charge in [-0.15, -0.1) is 11.3 Å². The normalized spacial score (nSPS) is 12.5. The van der Waals surface area contributed by atoms with Gasteiger partial charge in [0, 0.05) is 17.5 Å². The summed E-state index contributed by atoms with van der Waals surface area (Å²) in [6, 6.07) is 12.3. The summed E-state index contributed by atoms with van der Waals surface area (Å²) in [5, 5.41) is 8.25. The van der Waals surface area contributed by atoms with Crippen LogP contribution in [0, 0.1) is 6.92 Å². The van der Waals surface area contributed by atoms with Crippen molar-refractivity contribution in [3.05, 3.63) is 57.8 Å². The van der Waals surface area contributed by atoms with Crippen LogP contribution >= 0.6 is 11.3 Å². The van der Waals surface area contributed by atoms with Crippen LogP contribution < -0.4 is 10.6 Å². The van der Waals surface area contributed by atoms with E-state index >= 15 is 0 Å². The van der Waals surface area contributed by atoms with Gasteiger partial charge in [0.2, 0.25) is 11.8 Å². The number of nitrogens with zero attached hydrogens (tertiary/aromatic N) is 1. The van der Waals surface area contributed by atoms with Crippen LogP contribution in [0.1, 0.15) is 42.8 Å². The van der Waals surface area contributed by atoms with Gasteiger partial charge in [-0.1, -0.05) is 35.9 Å². The minimum absolute atomic E-state index is 0.0476. The van der Waals surface area contributed by atoms with E-state index in [0.717, 1.165) is 10.4 Å². The predicted molar refractivity (Wildman–Crippen MR) is 111 cm³/mol. The average Bonchev–Trinajstić information content (AvgIpc) is 3.08. The summed E-state index contributed by atoms with van der Waals surface area (Å²) in [5.41, 5.74) is 2.00. The number of amides is 2. The number of carbonyl (C=O) groups is 2. The zero-order valence-corrected chi connectivity index (χ0v) is 17.5. The first-order chi connectivity index (χ1) is 12.7. The van der Waals surface area contributed by atoms with Crippen LogP contribution in [0.5, 0.6) is 0 Å². The Balaban J connectivity index is 1.99. The zero-order chi connectivity index (χ0) is 20.0. The Bertz CT molecular complexity index is 749. The molecule has 2 amide bonds. The first-order valence-electron chi connectivity index (χ1n) is 9.04. The smallest absolute Gasteiger partial charge is 0.240 e. The van der Waals surface area contributed by atoms with Gasteiger partial charge in [-0.3, -0.25) is 14.9 Å². The molecule has 0 fully saturated rings. The van der Waals surface area contributed by atoms with Gasteiger partial charge in [-0.25, -0.2) is 0 Å². The number of benzene rings is 1. The van der Waals surface area contributed by atoms with Crippen LogP contribution in [0.4, 0.5) is 0 Å². The summed E-state index contributed by atoms with van der Waals surface area (Å²) in [5.74, 6) is -0.278. The van der Waals surface area contributed by atoms with Crippen LogP contribution in [0.25, 0.3) is 0 Å². The lowest BCUT2D eigenvalue weighted by Crippen LogP contribution is -2.47. The molecule has 146 valence electrons. The van der Waals surface area contributed by atoms with Crippen molar-refractivity contribution < 1.29 is 9.59 Å².